The van der Waals surface area contributed by atoms with Crippen molar-refractivity contribution in [3.8, 4) is 0 Å². The summed E-state index contributed by atoms with van der Waals surface area (Å²) in [5.74, 6) is 0.924. The molecule has 18 heavy (non-hydrogen) atoms. The average Bonchev–Trinajstić information content (AvgIpc) is 2.42. The smallest absolute Gasteiger partial charge is 0.00928 e. The van der Waals surface area contributed by atoms with Gasteiger partial charge in [-0.15, -0.1) is 0 Å². The van der Waals surface area contributed by atoms with Crippen LogP contribution in [-0.2, 0) is 0 Å². The molecule has 2 rings (SSSR count). The van der Waals surface area contributed by atoms with Crippen LogP contribution in [0.4, 0.5) is 0 Å². The van der Waals surface area contributed by atoms with E-state index in [1.54, 1.807) is 0 Å². The highest BCUT2D eigenvalue weighted by molar-refractivity contribution is 4.90. The zero-order chi connectivity index (χ0) is 13.0. The van der Waals surface area contributed by atoms with Crippen LogP contribution in [0.1, 0.15) is 65.2 Å². The molecule has 0 spiro atoms. The molecule has 2 heteroatoms. The number of piperidine rings is 1. The fourth-order valence-electron chi connectivity index (χ4n) is 3.96. The van der Waals surface area contributed by atoms with Crippen LogP contribution in [0.25, 0.3) is 0 Å². The maximum absolute atomic E-state index is 6.16. The third-order valence-electron chi connectivity index (χ3n) is 5.53. The van der Waals surface area contributed by atoms with Crippen molar-refractivity contribution in [2.75, 3.05) is 19.6 Å². The van der Waals surface area contributed by atoms with Gasteiger partial charge in [-0.25, -0.2) is 0 Å². The van der Waals surface area contributed by atoms with Gasteiger partial charge < -0.3 is 5.73 Å². The molecule has 2 N–H and O–H groups in total. The zero-order valence-corrected chi connectivity index (χ0v) is 12.5. The number of nitrogens with two attached hydrogens (primary N) is 1. The Kier molecular flexibility index (Phi) is 5.08. The van der Waals surface area contributed by atoms with E-state index in [0.29, 0.717) is 5.41 Å². The van der Waals surface area contributed by atoms with Gasteiger partial charge in [0.1, 0.15) is 0 Å². The first kappa shape index (κ1) is 14.3. The van der Waals surface area contributed by atoms with Crippen molar-refractivity contribution in [3.63, 3.8) is 0 Å². The molecule has 1 unspecified atom stereocenters. The minimum atomic E-state index is 0.442. The molecule has 1 atom stereocenters. The van der Waals surface area contributed by atoms with Crippen LogP contribution in [0, 0.1) is 11.3 Å². The summed E-state index contributed by atoms with van der Waals surface area (Å²) < 4.78 is 0. The Morgan fingerprint density at radius 3 is 2.50 bits per heavy atom. The molecule has 1 aliphatic carbocycles. The van der Waals surface area contributed by atoms with Crippen molar-refractivity contribution in [2.24, 2.45) is 17.1 Å². The van der Waals surface area contributed by atoms with Crippen molar-refractivity contribution in [2.45, 2.75) is 71.3 Å². The van der Waals surface area contributed by atoms with E-state index in [1.807, 2.05) is 0 Å². The Morgan fingerprint density at radius 1 is 1.17 bits per heavy atom. The standard InChI is InChI=1S/C16H32N2/c1-3-15-6-4-5-11-18(15)13-16(12-17)9-7-14(2)8-10-16/h14-15H,3-13,17H2,1-2H3. The van der Waals surface area contributed by atoms with Gasteiger partial charge in [0, 0.05) is 12.6 Å². The summed E-state index contributed by atoms with van der Waals surface area (Å²) >= 11 is 0. The highest BCUT2D eigenvalue weighted by Crippen LogP contribution is 2.39. The fraction of sp³-hybridized carbons (Fsp3) is 1.00. The van der Waals surface area contributed by atoms with Crippen molar-refractivity contribution in [3.05, 3.63) is 0 Å². The summed E-state index contributed by atoms with van der Waals surface area (Å²) in [6.07, 6.45) is 11.1. The van der Waals surface area contributed by atoms with Crippen LogP contribution in [-0.4, -0.2) is 30.6 Å². The first-order valence-electron chi connectivity index (χ1n) is 8.13. The lowest BCUT2D eigenvalue weighted by molar-refractivity contribution is 0.0499. The van der Waals surface area contributed by atoms with Crippen LogP contribution in [0.5, 0.6) is 0 Å². The lowest BCUT2D eigenvalue weighted by Crippen LogP contribution is -2.49. The molecule has 106 valence electrons. The third-order valence-corrected chi connectivity index (χ3v) is 5.53. The van der Waals surface area contributed by atoms with Crippen LogP contribution in [0.3, 0.4) is 0 Å². The van der Waals surface area contributed by atoms with Crippen LogP contribution in [0.15, 0.2) is 0 Å². The Morgan fingerprint density at radius 2 is 1.89 bits per heavy atom. The Bertz CT molecular complexity index is 243. The van der Waals surface area contributed by atoms with E-state index in [-0.39, 0.29) is 0 Å². The van der Waals surface area contributed by atoms with Gasteiger partial charge in [-0.2, -0.15) is 0 Å². The monoisotopic (exact) mass is 252 g/mol. The first-order valence-corrected chi connectivity index (χ1v) is 8.13. The molecule has 2 aliphatic rings. The van der Waals surface area contributed by atoms with E-state index in [2.05, 4.69) is 18.7 Å². The minimum Gasteiger partial charge on any atom is -0.330 e. The van der Waals surface area contributed by atoms with E-state index in [0.717, 1.165) is 18.5 Å². The van der Waals surface area contributed by atoms with Crippen molar-refractivity contribution >= 4 is 0 Å². The van der Waals surface area contributed by atoms with E-state index in [9.17, 15) is 0 Å². The van der Waals surface area contributed by atoms with Crippen molar-refractivity contribution in [1.29, 1.82) is 0 Å². The zero-order valence-electron chi connectivity index (χ0n) is 12.5. The van der Waals surface area contributed by atoms with Crippen LogP contribution < -0.4 is 5.73 Å². The second-order valence-electron chi connectivity index (χ2n) is 6.91. The predicted molar refractivity (Wildman–Crippen MR) is 78.6 cm³/mol. The maximum Gasteiger partial charge on any atom is 0.00928 e. The summed E-state index contributed by atoms with van der Waals surface area (Å²) in [4.78, 5) is 2.77. The maximum atomic E-state index is 6.16. The van der Waals surface area contributed by atoms with E-state index in [1.165, 1.54) is 64.5 Å². The highest BCUT2D eigenvalue weighted by atomic mass is 15.2. The molecule has 0 aromatic heterocycles. The molecule has 0 aromatic carbocycles. The largest absolute Gasteiger partial charge is 0.330 e. The molecular weight excluding hydrogens is 220 g/mol. The molecule has 0 bridgehead atoms. The second-order valence-corrected chi connectivity index (χ2v) is 6.91. The lowest BCUT2D eigenvalue weighted by atomic mass is 9.70. The van der Waals surface area contributed by atoms with Gasteiger partial charge in [0.15, 0.2) is 0 Å². The summed E-state index contributed by atoms with van der Waals surface area (Å²) in [5.41, 5.74) is 6.60. The van der Waals surface area contributed by atoms with Crippen LogP contribution >= 0.6 is 0 Å². The lowest BCUT2D eigenvalue weighted by Gasteiger charge is -2.45. The SMILES string of the molecule is CCC1CCCCN1CC1(CN)CCC(C)CC1. The number of hydrogen-bond donors (Lipinski definition) is 1. The van der Waals surface area contributed by atoms with Gasteiger partial charge in [-0.1, -0.05) is 33.1 Å². The molecule has 1 aliphatic heterocycles. The fourth-order valence-corrected chi connectivity index (χ4v) is 3.96. The molecule has 0 aromatic rings. The summed E-state index contributed by atoms with van der Waals surface area (Å²) in [5, 5.41) is 0. The molecule has 1 heterocycles. The summed E-state index contributed by atoms with van der Waals surface area (Å²) in [6, 6.07) is 0.835. The van der Waals surface area contributed by atoms with E-state index < -0.39 is 0 Å². The van der Waals surface area contributed by atoms with Gasteiger partial charge >= 0.3 is 0 Å². The minimum absolute atomic E-state index is 0.442. The topological polar surface area (TPSA) is 29.3 Å². The Balaban J connectivity index is 1.96. The van der Waals surface area contributed by atoms with E-state index in [4.69, 9.17) is 5.73 Å². The number of likely N-dealkylation sites (tertiary alicyclic amines) is 1. The highest BCUT2D eigenvalue weighted by Gasteiger charge is 2.36. The normalized spacial score (nSPS) is 38.8. The quantitative estimate of drug-likeness (QED) is 0.831. The summed E-state index contributed by atoms with van der Waals surface area (Å²) in [6.45, 7) is 8.23. The first-order chi connectivity index (χ1) is 8.69. The Hall–Kier alpha value is -0.0800. The molecule has 2 nitrogen and oxygen atoms in total. The number of rotatable bonds is 4. The number of nitrogens with zero attached hydrogens (tertiary/aromatic N) is 1. The molecule has 1 saturated heterocycles. The van der Waals surface area contributed by atoms with Crippen molar-refractivity contribution in [1.82, 2.24) is 4.90 Å². The molecule has 2 fully saturated rings. The van der Waals surface area contributed by atoms with Gasteiger partial charge in [0.05, 0.1) is 0 Å². The van der Waals surface area contributed by atoms with Gasteiger partial charge in [-0.05, 0) is 56.5 Å². The predicted octanol–water partition coefficient (Wildman–Crippen LogP) is 3.41. The molecule has 1 saturated carbocycles. The molecular formula is C16H32N2. The second kappa shape index (κ2) is 6.38. The summed E-state index contributed by atoms with van der Waals surface area (Å²) in [7, 11) is 0. The Labute approximate surface area is 113 Å². The number of hydrogen-bond acceptors (Lipinski definition) is 2. The van der Waals surface area contributed by atoms with Crippen molar-refractivity contribution < 1.29 is 0 Å². The van der Waals surface area contributed by atoms with Gasteiger partial charge in [-0.3, -0.25) is 4.90 Å². The van der Waals surface area contributed by atoms with Gasteiger partial charge in [0.25, 0.3) is 0 Å². The third kappa shape index (κ3) is 3.27. The molecule has 0 radical (unpaired) electrons. The van der Waals surface area contributed by atoms with Crippen LogP contribution in [0.2, 0.25) is 0 Å². The molecule has 0 amide bonds. The van der Waals surface area contributed by atoms with Gasteiger partial charge in [0.2, 0.25) is 0 Å². The average molecular weight is 252 g/mol. The van der Waals surface area contributed by atoms with E-state index >= 15 is 0 Å².